The van der Waals surface area contributed by atoms with Gasteiger partial charge in [0.05, 0.1) is 6.61 Å². The Morgan fingerprint density at radius 1 is 1.25 bits per heavy atom. The van der Waals surface area contributed by atoms with Crippen LogP contribution in [0.1, 0.15) is 11.1 Å². The molecule has 4 heteroatoms. The second-order valence-electron chi connectivity index (χ2n) is 4.91. The van der Waals surface area contributed by atoms with Gasteiger partial charge in [-0.25, -0.2) is 4.98 Å². The maximum Gasteiger partial charge on any atom is 0.139 e. The Hall–Kier alpha value is -2.33. The first-order chi connectivity index (χ1) is 9.69. The number of rotatable bonds is 3. The monoisotopic (exact) mass is 267 g/mol. The zero-order chi connectivity index (χ0) is 14.1. The van der Waals surface area contributed by atoms with Gasteiger partial charge >= 0.3 is 0 Å². The third-order valence-corrected chi connectivity index (χ3v) is 3.33. The number of ether oxygens (including phenoxy) is 1. The van der Waals surface area contributed by atoms with Gasteiger partial charge < -0.3 is 10.5 Å². The Morgan fingerprint density at radius 2 is 2.10 bits per heavy atom. The number of nitrogens with two attached hydrogens (primary N) is 1. The number of hydrogen-bond donors (Lipinski definition) is 1. The normalized spacial score (nSPS) is 11.1. The molecule has 2 aromatic heterocycles. The molecule has 3 aromatic rings. The van der Waals surface area contributed by atoms with Gasteiger partial charge in [-0.15, -0.1) is 0 Å². The summed E-state index contributed by atoms with van der Waals surface area (Å²) < 4.78 is 7.07. The zero-order valence-corrected chi connectivity index (χ0v) is 11.6. The minimum absolute atomic E-state index is 0.584. The lowest BCUT2D eigenvalue weighted by Crippen LogP contribution is -1.94. The number of imidazole rings is 1. The molecule has 0 fully saturated rings. The van der Waals surface area contributed by atoms with E-state index in [1.54, 1.807) is 7.11 Å². The Bertz CT molecular complexity index is 762. The molecule has 4 nitrogen and oxygen atoms in total. The quantitative estimate of drug-likeness (QED) is 0.793. The fraction of sp³-hybridized carbons (Fsp3) is 0.188. The highest BCUT2D eigenvalue weighted by molar-refractivity contribution is 5.75. The van der Waals surface area contributed by atoms with Gasteiger partial charge in [-0.1, -0.05) is 18.2 Å². The highest BCUT2D eigenvalue weighted by atomic mass is 16.5. The molecule has 0 aliphatic heterocycles. The summed E-state index contributed by atoms with van der Waals surface area (Å²) in [5.41, 5.74) is 11.2. The summed E-state index contributed by atoms with van der Waals surface area (Å²) in [5.74, 6) is 0.662. The molecular formula is C16H17N3O. The molecule has 20 heavy (non-hydrogen) atoms. The number of pyridine rings is 1. The predicted molar refractivity (Wildman–Crippen MR) is 80.5 cm³/mol. The molecule has 0 unspecified atom stereocenters. The molecular weight excluding hydrogens is 250 g/mol. The van der Waals surface area contributed by atoms with E-state index in [1.165, 1.54) is 5.56 Å². The van der Waals surface area contributed by atoms with Crippen molar-refractivity contribution in [2.75, 3.05) is 12.8 Å². The third kappa shape index (κ3) is 2.14. The van der Waals surface area contributed by atoms with Crippen molar-refractivity contribution in [1.82, 2.24) is 9.38 Å². The number of aryl methyl sites for hydroxylation is 1. The van der Waals surface area contributed by atoms with Crippen LogP contribution >= 0.6 is 0 Å². The summed E-state index contributed by atoms with van der Waals surface area (Å²) >= 11 is 0. The van der Waals surface area contributed by atoms with Gasteiger partial charge in [-0.3, -0.25) is 4.40 Å². The lowest BCUT2D eigenvalue weighted by atomic mass is 10.1. The molecule has 0 radical (unpaired) electrons. The minimum Gasteiger partial charge on any atom is -0.383 e. The van der Waals surface area contributed by atoms with E-state index in [4.69, 9.17) is 10.5 Å². The number of benzene rings is 1. The van der Waals surface area contributed by atoms with Crippen molar-refractivity contribution >= 4 is 11.5 Å². The van der Waals surface area contributed by atoms with Crippen LogP contribution in [0, 0.1) is 6.92 Å². The smallest absolute Gasteiger partial charge is 0.139 e. The summed E-state index contributed by atoms with van der Waals surface area (Å²) in [6.07, 6.45) is 1.95. The number of hydrogen-bond acceptors (Lipinski definition) is 3. The SMILES string of the molecule is COCc1cccc(-c2nc3cc(C)ccn3c2N)c1. The van der Waals surface area contributed by atoms with E-state index < -0.39 is 0 Å². The van der Waals surface area contributed by atoms with Gasteiger partial charge in [0.2, 0.25) is 0 Å². The van der Waals surface area contributed by atoms with Crippen LogP contribution in [0.4, 0.5) is 5.82 Å². The van der Waals surface area contributed by atoms with Crippen molar-refractivity contribution in [1.29, 1.82) is 0 Å². The van der Waals surface area contributed by atoms with Crippen molar-refractivity contribution in [3.63, 3.8) is 0 Å². The lowest BCUT2D eigenvalue weighted by molar-refractivity contribution is 0.185. The molecule has 0 saturated heterocycles. The van der Waals surface area contributed by atoms with Crippen LogP contribution in [0.15, 0.2) is 42.6 Å². The van der Waals surface area contributed by atoms with Gasteiger partial charge in [0.25, 0.3) is 0 Å². The molecule has 2 N–H and O–H groups in total. The van der Waals surface area contributed by atoms with E-state index in [9.17, 15) is 0 Å². The molecule has 0 bridgehead atoms. The second kappa shape index (κ2) is 4.98. The highest BCUT2D eigenvalue weighted by Crippen LogP contribution is 2.27. The topological polar surface area (TPSA) is 52.5 Å². The van der Waals surface area contributed by atoms with Crippen LogP contribution in [0.5, 0.6) is 0 Å². The molecule has 0 saturated carbocycles. The average Bonchev–Trinajstić information content (AvgIpc) is 2.76. The first-order valence-electron chi connectivity index (χ1n) is 6.51. The minimum atomic E-state index is 0.584. The molecule has 0 amide bonds. The number of fused-ring (bicyclic) bond motifs is 1. The summed E-state index contributed by atoms with van der Waals surface area (Å²) in [5, 5.41) is 0. The van der Waals surface area contributed by atoms with E-state index in [1.807, 2.05) is 47.9 Å². The fourth-order valence-electron chi connectivity index (χ4n) is 2.35. The number of aromatic nitrogens is 2. The van der Waals surface area contributed by atoms with Crippen LogP contribution < -0.4 is 5.73 Å². The van der Waals surface area contributed by atoms with Crippen molar-refractivity contribution < 1.29 is 4.74 Å². The lowest BCUT2D eigenvalue weighted by Gasteiger charge is -2.03. The van der Waals surface area contributed by atoms with Gasteiger partial charge in [0.1, 0.15) is 17.2 Å². The van der Waals surface area contributed by atoms with E-state index in [-0.39, 0.29) is 0 Å². The number of anilines is 1. The van der Waals surface area contributed by atoms with Crippen LogP contribution in [0.25, 0.3) is 16.9 Å². The Morgan fingerprint density at radius 3 is 2.90 bits per heavy atom. The van der Waals surface area contributed by atoms with Crippen LogP contribution in [-0.2, 0) is 11.3 Å². The van der Waals surface area contributed by atoms with Gasteiger partial charge in [-0.2, -0.15) is 0 Å². The van der Waals surface area contributed by atoms with Crippen molar-refractivity contribution in [3.8, 4) is 11.3 Å². The number of methoxy groups -OCH3 is 1. The van der Waals surface area contributed by atoms with Gasteiger partial charge in [0, 0.05) is 18.9 Å². The third-order valence-electron chi connectivity index (χ3n) is 3.33. The molecule has 2 heterocycles. The molecule has 0 atom stereocenters. The van der Waals surface area contributed by atoms with E-state index in [0.29, 0.717) is 12.4 Å². The highest BCUT2D eigenvalue weighted by Gasteiger charge is 2.11. The van der Waals surface area contributed by atoms with Crippen LogP contribution in [-0.4, -0.2) is 16.5 Å². The molecule has 102 valence electrons. The summed E-state index contributed by atoms with van der Waals surface area (Å²) in [7, 11) is 1.69. The van der Waals surface area contributed by atoms with Crippen LogP contribution in [0.3, 0.4) is 0 Å². The van der Waals surface area contributed by atoms with Crippen molar-refractivity contribution in [2.24, 2.45) is 0 Å². The van der Waals surface area contributed by atoms with Crippen LogP contribution in [0.2, 0.25) is 0 Å². The Kier molecular flexibility index (Phi) is 3.16. The summed E-state index contributed by atoms with van der Waals surface area (Å²) in [4.78, 5) is 4.64. The molecule has 3 rings (SSSR count). The number of nitrogens with zero attached hydrogens (tertiary/aromatic N) is 2. The standard InChI is InChI=1S/C16H17N3O/c1-11-6-7-19-14(8-11)18-15(16(19)17)13-5-3-4-12(9-13)10-20-2/h3-9H,10,17H2,1-2H3. The molecule has 1 aromatic carbocycles. The predicted octanol–water partition coefficient (Wildman–Crippen LogP) is 3.04. The molecule has 0 aliphatic rings. The molecule has 0 aliphatic carbocycles. The number of nitrogen functional groups attached to an aromatic ring is 1. The summed E-state index contributed by atoms with van der Waals surface area (Å²) in [6, 6.07) is 12.2. The van der Waals surface area contributed by atoms with Gasteiger partial charge in [0.15, 0.2) is 0 Å². The van der Waals surface area contributed by atoms with E-state index in [2.05, 4.69) is 11.1 Å². The van der Waals surface area contributed by atoms with Gasteiger partial charge in [-0.05, 0) is 36.2 Å². The van der Waals surface area contributed by atoms with Crippen molar-refractivity contribution in [2.45, 2.75) is 13.5 Å². The van der Waals surface area contributed by atoms with E-state index >= 15 is 0 Å². The maximum absolute atomic E-state index is 6.21. The zero-order valence-electron chi connectivity index (χ0n) is 11.6. The maximum atomic E-state index is 6.21. The summed E-state index contributed by atoms with van der Waals surface area (Å²) in [6.45, 7) is 2.63. The fourth-order valence-corrected chi connectivity index (χ4v) is 2.35. The Balaban J connectivity index is 2.14. The van der Waals surface area contributed by atoms with Crippen molar-refractivity contribution in [3.05, 3.63) is 53.7 Å². The first-order valence-corrected chi connectivity index (χ1v) is 6.51. The largest absolute Gasteiger partial charge is 0.383 e. The second-order valence-corrected chi connectivity index (χ2v) is 4.91. The Labute approximate surface area is 117 Å². The van der Waals surface area contributed by atoms with E-state index in [0.717, 1.165) is 22.5 Å². The first kappa shape index (κ1) is 12.7. The molecule has 0 spiro atoms. The average molecular weight is 267 g/mol.